The van der Waals surface area contributed by atoms with Gasteiger partial charge in [-0.15, -0.1) is 0 Å². The van der Waals surface area contributed by atoms with Gasteiger partial charge in [-0.1, -0.05) is 111 Å². The lowest BCUT2D eigenvalue weighted by atomic mass is 9.83. The third-order valence-electron chi connectivity index (χ3n) is 14.7. The molecule has 2 N–H and O–H groups in total. The highest BCUT2D eigenvalue weighted by Crippen LogP contribution is 2.41. The molecule has 5 aromatic rings. The van der Waals surface area contributed by atoms with Crippen molar-refractivity contribution in [3.05, 3.63) is 162 Å². The predicted octanol–water partition coefficient (Wildman–Crippen LogP) is 10.8. The summed E-state index contributed by atoms with van der Waals surface area (Å²) in [4.78, 5) is 61.9. The Balaban J connectivity index is 0.831. The number of benzene rings is 5. The number of halogens is 1. The van der Waals surface area contributed by atoms with E-state index in [9.17, 15) is 23.6 Å². The number of rotatable bonds is 15. The molecule has 5 aromatic carbocycles. The molecule has 2 aliphatic heterocycles. The Morgan fingerprint density at radius 1 is 0.500 bits per heavy atom. The molecule has 342 valence electrons. The van der Waals surface area contributed by atoms with E-state index in [1.54, 1.807) is 12.1 Å². The molecule has 2 heterocycles. The Morgan fingerprint density at radius 3 is 1.29 bits per heavy atom. The third-order valence-corrected chi connectivity index (χ3v) is 14.7. The summed E-state index contributed by atoms with van der Waals surface area (Å²) in [5.74, 6) is -0.365. The van der Waals surface area contributed by atoms with E-state index in [4.69, 9.17) is 0 Å². The van der Waals surface area contributed by atoms with E-state index >= 15 is 0 Å². The number of likely N-dealkylation sites (tertiary alicyclic amines) is 2. The van der Waals surface area contributed by atoms with Crippen LogP contribution in [-0.4, -0.2) is 58.6 Å². The number of nitrogens with zero attached hydrogens (tertiary/aromatic N) is 3. The molecule has 2 aliphatic carbocycles. The van der Waals surface area contributed by atoms with E-state index < -0.39 is 12.1 Å². The van der Waals surface area contributed by atoms with E-state index in [-0.39, 0.29) is 41.3 Å². The quantitative estimate of drug-likeness (QED) is 0.109. The third kappa shape index (κ3) is 10.4. The molecule has 0 radical (unpaired) electrons. The molecule has 4 aliphatic rings. The Bertz CT molecular complexity index is 2270. The minimum Gasteiger partial charge on any atom is -0.363 e. The van der Waals surface area contributed by atoms with Gasteiger partial charge in [-0.25, -0.2) is 4.39 Å². The lowest BCUT2D eigenvalue weighted by Gasteiger charge is -2.31. The number of carbonyl (C=O) groups excluding carboxylic acids is 4. The fourth-order valence-corrected chi connectivity index (χ4v) is 11.3. The molecular weight excluding hydrogens is 826 g/mol. The van der Waals surface area contributed by atoms with Gasteiger partial charge < -0.3 is 25.3 Å². The summed E-state index contributed by atoms with van der Waals surface area (Å²) in [6.45, 7) is 2.20. The van der Waals surface area contributed by atoms with Crippen LogP contribution in [0.25, 0.3) is 0 Å². The minimum absolute atomic E-state index is 0.0666. The van der Waals surface area contributed by atoms with Crippen LogP contribution in [0.2, 0.25) is 0 Å². The number of carbonyl (C=O) groups is 4. The molecular formula is C56H62FN5O4. The van der Waals surface area contributed by atoms with Gasteiger partial charge in [0.25, 0.3) is 0 Å². The van der Waals surface area contributed by atoms with Crippen LogP contribution in [0.4, 0.5) is 21.5 Å². The SMILES string of the molecule is O=C(Nc1ccc(CN(Cc2ccc(NC(=O)[C@@H]3CCCN3C(=O)C(c3ccccc3)C3CCCC3)cc2)c2ccc(F)cc2)cc1)[C@@H]1CCCN1C(=O)C(c1ccccc1)C1CCCC1. The van der Waals surface area contributed by atoms with Gasteiger partial charge in [0.2, 0.25) is 23.6 Å². The van der Waals surface area contributed by atoms with Crippen LogP contribution in [0, 0.1) is 17.7 Å². The molecule has 4 atom stereocenters. The smallest absolute Gasteiger partial charge is 0.247 e. The standard InChI is InChI=1S/C56H62FN5O4/c57-45-27-33-48(34-28-45)60(37-39-23-29-46(30-24-39)58-53(63)49-21-11-35-61(49)55(65)51(43-17-7-8-18-43)41-13-3-1-4-14-41)38-40-25-31-47(32-26-40)59-54(64)50-22-12-36-62(50)56(66)52(44-19-9-10-20-44)42-15-5-2-6-16-42/h1-6,13-16,23-34,43-44,49-52H,7-12,17-22,35-38H2,(H,58,63)(H,59,64)/t49-,50-,51?,52?/m0/s1. The Labute approximate surface area is 388 Å². The molecule has 0 spiro atoms. The Hall–Kier alpha value is -6.29. The van der Waals surface area contributed by atoms with Gasteiger partial charge in [-0.05, 0) is 134 Å². The average Bonchev–Trinajstić information content (AvgIpc) is 4.21. The Morgan fingerprint density at radius 2 is 0.894 bits per heavy atom. The lowest BCUT2D eigenvalue weighted by Crippen LogP contribution is -2.46. The summed E-state index contributed by atoms with van der Waals surface area (Å²) < 4.78 is 14.1. The molecule has 10 heteroatoms. The van der Waals surface area contributed by atoms with Crippen LogP contribution in [0.5, 0.6) is 0 Å². The van der Waals surface area contributed by atoms with Gasteiger partial charge >= 0.3 is 0 Å². The van der Waals surface area contributed by atoms with Crippen LogP contribution in [0.3, 0.4) is 0 Å². The second kappa shape index (κ2) is 20.9. The first-order chi connectivity index (χ1) is 32.3. The molecule has 4 fully saturated rings. The fourth-order valence-electron chi connectivity index (χ4n) is 11.3. The van der Waals surface area contributed by atoms with Gasteiger partial charge in [0.1, 0.15) is 17.9 Å². The van der Waals surface area contributed by atoms with E-state index in [0.717, 1.165) is 92.1 Å². The normalized spacial score (nSPS) is 19.7. The van der Waals surface area contributed by atoms with Crippen LogP contribution in [-0.2, 0) is 32.3 Å². The van der Waals surface area contributed by atoms with Gasteiger partial charge in [-0.3, -0.25) is 19.2 Å². The molecule has 0 bridgehead atoms. The topological polar surface area (TPSA) is 102 Å². The number of nitrogens with one attached hydrogen (secondary N) is 2. The van der Waals surface area contributed by atoms with Crippen molar-refractivity contribution in [2.75, 3.05) is 28.6 Å². The highest BCUT2D eigenvalue weighted by Gasteiger charge is 2.42. The molecule has 2 saturated heterocycles. The van der Waals surface area contributed by atoms with E-state index in [1.165, 1.54) is 12.1 Å². The number of hydrogen-bond donors (Lipinski definition) is 2. The van der Waals surface area contributed by atoms with Crippen LogP contribution < -0.4 is 15.5 Å². The van der Waals surface area contributed by atoms with Crippen LogP contribution >= 0.6 is 0 Å². The summed E-state index contributed by atoms with van der Waals surface area (Å²) in [6, 6.07) is 41.1. The van der Waals surface area contributed by atoms with Gasteiger partial charge in [0, 0.05) is 43.2 Å². The van der Waals surface area contributed by atoms with Crippen molar-refractivity contribution < 1.29 is 23.6 Å². The van der Waals surface area contributed by atoms with Crippen molar-refractivity contribution in [1.29, 1.82) is 0 Å². The van der Waals surface area contributed by atoms with Crippen molar-refractivity contribution in [3.63, 3.8) is 0 Å². The predicted molar refractivity (Wildman–Crippen MR) is 258 cm³/mol. The number of hydrogen-bond acceptors (Lipinski definition) is 5. The number of anilines is 3. The summed E-state index contributed by atoms with van der Waals surface area (Å²) in [5.41, 5.74) is 6.26. The molecule has 2 unspecified atom stereocenters. The van der Waals surface area contributed by atoms with E-state index in [0.29, 0.717) is 62.2 Å². The maximum Gasteiger partial charge on any atom is 0.247 e. The lowest BCUT2D eigenvalue weighted by molar-refractivity contribution is -0.139. The maximum atomic E-state index is 14.2. The molecule has 0 aromatic heterocycles. The molecule has 9 nitrogen and oxygen atoms in total. The van der Waals surface area contributed by atoms with Crippen LogP contribution in [0.1, 0.15) is 111 Å². The first-order valence-corrected chi connectivity index (χ1v) is 24.3. The zero-order valence-corrected chi connectivity index (χ0v) is 37.8. The second-order valence-corrected chi connectivity index (χ2v) is 18.9. The highest BCUT2D eigenvalue weighted by molar-refractivity contribution is 5.99. The minimum atomic E-state index is -0.515. The maximum absolute atomic E-state index is 14.2. The molecule has 9 rings (SSSR count). The largest absolute Gasteiger partial charge is 0.363 e. The van der Waals surface area contributed by atoms with Gasteiger partial charge in [0.05, 0.1) is 11.8 Å². The van der Waals surface area contributed by atoms with Crippen LogP contribution in [0.15, 0.2) is 133 Å². The van der Waals surface area contributed by atoms with Crippen molar-refractivity contribution in [2.45, 2.75) is 114 Å². The highest BCUT2D eigenvalue weighted by atomic mass is 19.1. The Kier molecular flexibility index (Phi) is 14.2. The summed E-state index contributed by atoms with van der Waals surface area (Å²) in [6.07, 6.45) is 11.6. The molecule has 4 amide bonds. The zero-order valence-electron chi connectivity index (χ0n) is 37.8. The van der Waals surface area contributed by atoms with E-state index in [1.807, 2.05) is 94.7 Å². The fraction of sp³-hybridized carbons (Fsp3) is 0.393. The van der Waals surface area contributed by atoms with Gasteiger partial charge in [-0.2, -0.15) is 0 Å². The monoisotopic (exact) mass is 887 g/mol. The van der Waals surface area contributed by atoms with Crippen molar-refractivity contribution in [2.24, 2.45) is 11.8 Å². The zero-order chi connectivity index (χ0) is 45.4. The number of amides is 4. The van der Waals surface area contributed by atoms with Gasteiger partial charge in [0.15, 0.2) is 0 Å². The second-order valence-electron chi connectivity index (χ2n) is 18.9. The summed E-state index contributed by atoms with van der Waals surface area (Å²) in [7, 11) is 0. The first kappa shape index (κ1) is 44.9. The summed E-state index contributed by atoms with van der Waals surface area (Å²) >= 11 is 0. The van der Waals surface area contributed by atoms with Crippen molar-refractivity contribution in [3.8, 4) is 0 Å². The average molecular weight is 888 g/mol. The summed E-state index contributed by atoms with van der Waals surface area (Å²) in [5, 5.41) is 6.21. The molecule has 66 heavy (non-hydrogen) atoms. The molecule has 2 saturated carbocycles. The van der Waals surface area contributed by atoms with E-state index in [2.05, 4.69) is 39.8 Å². The first-order valence-electron chi connectivity index (χ1n) is 24.3. The van der Waals surface area contributed by atoms with Crippen molar-refractivity contribution in [1.82, 2.24) is 9.80 Å². The van der Waals surface area contributed by atoms with Crippen molar-refractivity contribution >= 4 is 40.7 Å².